The first-order valence-electron chi connectivity index (χ1n) is 8.40. The van der Waals surface area contributed by atoms with E-state index in [1.54, 1.807) is 24.3 Å². The van der Waals surface area contributed by atoms with Crippen LogP contribution in [0.5, 0.6) is 0 Å². The van der Waals surface area contributed by atoms with Gasteiger partial charge in [-0.05, 0) is 36.6 Å². The highest BCUT2D eigenvalue weighted by Crippen LogP contribution is 2.45. The minimum absolute atomic E-state index is 0.151. The predicted octanol–water partition coefficient (Wildman–Crippen LogP) is 0.943. The first-order chi connectivity index (χ1) is 12.4. The van der Waals surface area contributed by atoms with Gasteiger partial charge in [0.05, 0.1) is 11.6 Å². The summed E-state index contributed by atoms with van der Waals surface area (Å²) in [5, 5.41) is 18.5. The molecule has 1 aliphatic carbocycles. The number of carboxylic acids is 1. The van der Waals surface area contributed by atoms with Gasteiger partial charge in [-0.1, -0.05) is 18.7 Å². The molecule has 2 amide bonds. The molecule has 134 valence electrons. The Morgan fingerprint density at radius 3 is 2.46 bits per heavy atom. The van der Waals surface area contributed by atoms with Crippen molar-refractivity contribution in [1.82, 2.24) is 9.80 Å². The largest absolute Gasteiger partial charge is 0.480 e. The number of carboxylic acid groups (broad SMARTS) is 1. The van der Waals surface area contributed by atoms with Crippen LogP contribution in [0.25, 0.3) is 0 Å². The molecule has 2 aliphatic rings. The lowest BCUT2D eigenvalue weighted by atomic mass is 10.00. The first-order valence-corrected chi connectivity index (χ1v) is 8.40. The molecule has 1 atom stereocenters. The molecule has 1 saturated heterocycles. The van der Waals surface area contributed by atoms with Gasteiger partial charge in [0.15, 0.2) is 0 Å². The molecule has 1 aromatic carbocycles. The predicted molar refractivity (Wildman–Crippen MR) is 91.9 cm³/mol. The average Bonchev–Trinajstić information content (AvgIpc) is 3.43. The van der Waals surface area contributed by atoms with Crippen LogP contribution in [0, 0.1) is 11.3 Å². The van der Waals surface area contributed by atoms with E-state index < -0.39 is 17.6 Å². The maximum Gasteiger partial charge on any atom is 0.326 e. The topological polar surface area (TPSA) is 102 Å². The maximum atomic E-state index is 13.0. The number of amides is 2. The summed E-state index contributed by atoms with van der Waals surface area (Å²) >= 11 is 0. The molecular weight excluding hydrogens is 334 g/mol. The second-order valence-corrected chi connectivity index (χ2v) is 6.59. The summed E-state index contributed by atoms with van der Waals surface area (Å²) < 4.78 is 0. The van der Waals surface area contributed by atoms with Gasteiger partial charge in [0, 0.05) is 19.5 Å². The second kappa shape index (κ2) is 6.64. The highest BCUT2D eigenvalue weighted by Gasteiger charge is 2.60. The number of rotatable bonds is 5. The fourth-order valence-corrected chi connectivity index (χ4v) is 3.51. The van der Waals surface area contributed by atoms with Gasteiger partial charge in [-0.3, -0.25) is 9.59 Å². The summed E-state index contributed by atoms with van der Waals surface area (Å²) in [6, 6.07) is 7.65. The van der Waals surface area contributed by atoms with Gasteiger partial charge in [-0.2, -0.15) is 5.26 Å². The molecule has 1 saturated carbocycles. The van der Waals surface area contributed by atoms with Crippen LogP contribution >= 0.6 is 0 Å². The fraction of sp³-hybridized carbons (Fsp3) is 0.368. The number of nitrogens with zero attached hydrogens (tertiary/aromatic N) is 3. The molecule has 2 fully saturated rings. The third kappa shape index (κ3) is 2.94. The van der Waals surface area contributed by atoms with Crippen molar-refractivity contribution in [2.75, 3.05) is 13.1 Å². The second-order valence-electron chi connectivity index (χ2n) is 6.59. The maximum absolute atomic E-state index is 13.0. The Morgan fingerprint density at radius 1 is 1.31 bits per heavy atom. The zero-order valence-corrected chi connectivity index (χ0v) is 14.2. The number of hydrogen-bond donors (Lipinski definition) is 1. The van der Waals surface area contributed by atoms with Crippen LogP contribution in [-0.4, -0.2) is 57.4 Å². The molecule has 1 heterocycles. The van der Waals surface area contributed by atoms with E-state index in [1.165, 1.54) is 15.9 Å². The summed E-state index contributed by atoms with van der Waals surface area (Å²) in [4.78, 5) is 39.7. The number of aliphatic carboxylic acids is 1. The van der Waals surface area contributed by atoms with Crippen LogP contribution in [0.2, 0.25) is 0 Å². The van der Waals surface area contributed by atoms with Gasteiger partial charge in [0.1, 0.15) is 11.6 Å². The Morgan fingerprint density at radius 2 is 1.96 bits per heavy atom. The van der Waals surface area contributed by atoms with E-state index in [4.69, 9.17) is 5.26 Å². The van der Waals surface area contributed by atoms with E-state index >= 15 is 0 Å². The van der Waals surface area contributed by atoms with Gasteiger partial charge in [0.25, 0.3) is 0 Å². The Bertz CT molecular complexity index is 805. The average molecular weight is 353 g/mol. The molecule has 3 rings (SSSR count). The number of benzene rings is 1. The van der Waals surface area contributed by atoms with Crippen molar-refractivity contribution < 1.29 is 19.5 Å². The van der Waals surface area contributed by atoms with E-state index in [1.807, 2.05) is 6.07 Å². The van der Waals surface area contributed by atoms with Crippen molar-refractivity contribution in [3.05, 3.63) is 48.0 Å². The lowest BCUT2D eigenvalue weighted by Gasteiger charge is -2.43. The van der Waals surface area contributed by atoms with Gasteiger partial charge in [-0.15, -0.1) is 0 Å². The third-order valence-electron chi connectivity index (χ3n) is 5.08. The van der Waals surface area contributed by atoms with E-state index in [0.29, 0.717) is 24.9 Å². The van der Waals surface area contributed by atoms with Gasteiger partial charge >= 0.3 is 5.97 Å². The Labute approximate surface area is 151 Å². The number of nitriles is 1. The van der Waals surface area contributed by atoms with Gasteiger partial charge in [-0.25, -0.2) is 4.79 Å². The van der Waals surface area contributed by atoms with Crippen molar-refractivity contribution in [1.29, 1.82) is 5.26 Å². The highest BCUT2D eigenvalue weighted by molar-refractivity contribution is 5.99. The van der Waals surface area contributed by atoms with Crippen molar-refractivity contribution in [2.24, 2.45) is 0 Å². The molecule has 0 bridgehead atoms. The zero-order valence-electron chi connectivity index (χ0n) is 14.2. The van der Waals surface area contributed by atoms with E-state index in [-0.39, 0.29) is 24.8 Å². The molecule has 26 heavy (non-hydrogen) atoms. The summed E-state index contributed by atoms with van der Waals surface area (Å²) in [5.74, 6) is -1.68. The molecule has 1 N–H and O–H groups in total. The summed E-state index contributed by atoms with van der Waals surface area (Å²) in [7, 11) is 0. The smallest absolute Gasteiger partial charge is 0.326 e. The number of piperazine rings is 1. The van der Waals surface area contributed by atoms with Crippen molar-refractivity contribution in [3.8, 4) is 6.07 Å². The van der Waals surface area contributed by atoms with E-state index in [9.17, 15) is 19.5 Å². The molecule has 1 aromatic rings. The van der Waals surface area contributed by atoms with Crippen LogP contribution in [0.15, 0.2) is 36.9 Å². The molecule has 0 radical (unpaired) electrons. The van der Waals surface area contributed by atoms with Crippen LogP contribution in [0.1, 0.15) is 24.0 Å². The summed E-state index contributed by atoms with van der Waals surface area (Å²) in [6.07, 6.45) is 2.43. The first kappa shape index (κ1) is 17.7. The lowest BCUT2D eigenvalue weighted by molar-refractivity contribution is -0.160. The van der Waals surface area contributed by atoms with E-state index in [0.717, 1.165) is 5.56 Å². The third-order valence-corrected chi connectivity index (χ3v) is 5.08. The molecular formula is C19H19N3O4. The number of carbonyl (C=O) groups excluding carboxylic acids is 2. The monoisotopic (exact) mass is 353 g/mol. The van der Waals surface area contributed by atoms with Crippen molar-refractivity contribution in [3.63, 3.8) is 0 Å². The van der Waals surface area contributed by atoms with Gasteiger partial charge in [0.2, 0.25) is 11.8 Å². The van der Waals surface area contributed by atoms with Crippen LogP contribution in [-0.2, 0) is 20.8 Å². The Hall–Kier alpha value is -3.14. The minimum Gasteiger partial charge on any atom is -0.480 e. The number of hydrogen-bond acceptors (Lipinski definition) is 4. The molecule has 0 aromatic heterocycles. The SMILES string of the molecule is C=CC(=O)N1CCN([C@@H](Cc2ccc(C#N)cc2)C(=O)O)C(=O)C12CC2. The normalized spacial score (nSPS) is 19.0. The van der Waals surface area contributed by atoms with Crippen LogP contribution in [0.4, 0.5) is 0 Å². The number of carbonyl (C=O) groups is 3. The highest BCUT2D eigenvalue weighted by atomic mass is 16.4. The Kier molecular flexibility index (Phi) is 4.51. The zero-order chi connectivity index (χ0) is 18.9. The Balaban J connectivity index is 1.82. The van der Waals surface area contributed by atoms with E-state index in [2.05, 4.69) is 6.58 Å². The molecule has 7 nitrogen and oxygen atoms in total. The molecule has 1 spiro atoms. The molecule has 1 aliphatic heterocycles. The van der Waals surface area contributed by atoms with Crippen molar-refractivity contribution >= 4 is 17.8 Å². The summed E-state index contributed by atoms with van der Waals surface area (Å²) in [5.41, 5.74) is 0.325. The quantitative estimate of drug-likeness (QED) is 0.794. The minimum atomic E-state index is -1.08. The molecule has 7 heteroatoms. The fourth-order valence-electron chi connectivity index (χ4n) is 3.51. The summed E-state index contributed by atoms with van der Waals surface area (Å²) in [6.45, 7) is 3.95. The van der Waals surface area contributed by atoms with Crippen molar-refractivity contribution in [2.45, 2.75) is 30.8 Å². The lowest BCUT2D eigenvalue weighted by Crippen LogP contribution is -2.64. The molecule has 0 unspecified atom stereocenters. The standard InChI is InChI=1S/C19H19N3O4/c1-2-16(23)22-10-9-21(18(26)19(22)7-8-19)15(17(24)25)11-13-3-5-14(12-20)6-4-13/h2-6,15H,1,7-11H2,(H,24,25)/t15-/m0/s1. The van der Waals surface area contributed by atoms with Gasteiger partial charge < -0.3 is 14.9 Å². The van der Waals surface area contributed by atoms with Crippen LogP contribution in [0.3, 0.4) is 0 Å². The van der Waals surface area contributed by atoms with Crippen LogP contribution < -0.4 is 0 Å².